The number of nitrogens with zero attached hydrogens (tertiary/aromatic N) is 5. The van der Waals surface area contributed by atoms with Gasteiger partial charge in [0.15, 0.2) is 5.78 Å². The van der Waals surface area contributed by atoms with E-state index in [9.17, 15) is 18.8 Å². The van der Waals surface area contributed by atoms with E-state index in [4.69, 9.17) is 0 Å². The van der Waals surface area contributed by atoms with Crippen LogP contribution < -0.4 is 0 Å². The number of rotatable bonds is 5. The topological polar surface area (TPSA) is 95.8 Å². The van der Waals surface area contributed by atoms with Gasteiger partial charge in [-0.05, 0) is 53.9 Å². The molecule has 2 atom stereocenters. The van der Waals surface area contributed by atoms with Crippen molar-refractivity contribution in [3.05, 3.63) is 95.8 Å². The van der Waals surface area contributed by atoms with Crippen molar-refractivity contribution in [3.8, 4) is 0 Å². The molecule has 2 aliphatic rings. The van der Waals surface area contributed by atoms with Crippen LogP contribution in [0.5, 0.6) is 0 Å². The Morgan fingerprint density at radius 1 is 0.944 bits per heavy atom. The third-order valence-electron chi connectivity index (χ3n) is 6.02. The second-order valence-corrected chi connectivity index (χ2v) is 8.08. The third-order valence-corrected chi connectivity index (χ3v) is 6.02. The molecule has 0 aliphatic carbocycles. The number of carbonyl (C=O) groups is 3. The molecule has 186 valence electrons. The van der Waals surface area contributed by atoms with Gasteiger partial charge in [-0.15, -0.1) is 24.8 Å². The monoisotopic (exact) mass is 529 g/mol. The standard InChI is InChI=1S/C25H20FN5O3.2ClH/c26-19-3-1-2-18(14-19)21(32)15-31-20(16-4-9-27-10-5-16)8-13-30-24(34)23(33)22(29-25(30)31)17-6-11-28-12-7-17;;/h1-7,9-12,14,20,22H,8,13,15H2;2*1H. The Hall–Kier alpha value is -3.69. The molecular weight excluding hydrogens is 508 g/mol. The van der Waals surface area contributed by atoms with Gasteiger partial charge in [-0.3, -0.25) is 29.3 Å². The number of hydrogen-bond acceptors (Lipinski definition) is 7. The molecule has 36 heavy (non-hydrogen) atoms. The number of guanidine groups is 1. The van der Waals surface area contributed by atoms with Crippen molar-refractivity contribution in [3.63, 3.8) is 0 Å². The molecule has 3 aromatic rings. The van der Waals surface area contributed by atoms with E-state index in [1.807, 2.05) is 12.1 Å². The first-order chi connectivity index (χ1) is 16.5. The molecule has 2 aliphatic heterocycles. The molecule has 5 rings (SSSR count). The van der Waals surface area contributed by atoms with Crippen LogP contribution in [0.4, 0.5) is 4.39 Å². The molecule has 1 aromatic carbocycles. The number of pyridine rings is 2. The Bertz CT molecular complexity index is 1290. The third kappa shape index (κ3) is 5.12. The molecule has 1 amide bonds. The molecule has 2 aromatic heterocycles. The predicted octanol–water partition coefficient (Wildman–Crippen LogP) is 3.60. The van der Waals surface area contributed by atoms with E-state index in [2.05, 4.69) is 15.0 Å². The average molecular weight is 530 g/mol. The largest absolute Gasteiger partial charge is 0.328 e. The van der Waals surface area contributed by atoms with Gasteiger partial charge in [0.2, 0.25) is 11.7 Å². The molecular formula is C25H22Cl2FN5O3. The Labute approximate surface area is 219 Å². The normalized spacial score (nSPS) is 19.0. The van der Waals surface area contributed by atoms with Gasteiger partial charge in [0.25, 0.3) is 5.91 Å². The summed E-state index contributed by atoms with van der Waals surface area (Å²) in [6.07, 6.45) is 6.87. The molecule has 0 N–H and O–H groups in total. The lowest BCUT2D eigenvalue weighted by atomic mass is 9.96. The molecule has 0 bridgehead atoms. The van der Waals surface area contributed by atoms with Crippen molar-refractivity contribution in [1.82, 2.24) is 19.8 Å². The quantitative estimate of drug-likeness (QED) is 0.370. The minimum Gasteiger partial charge on any atom is -0.328 e. The molecule has 8 nitrogen and oxygen atoms in total. The van der Waals surface area contributed by atoms with Gasteiger partial charge in [-0.2, -0.15) is 0 Å². The predicted molar refractivity (Wildman–Crippen MR) is 135 cm³/mol. The summed E-state index contributed by atoms with van der Waals surface area (Å²) in [4.78, 5) is 54.8. The molecule has 0 radical (unpaired) electrons. The average Bonchev–Trinajstić information content (AvgIpc) is 2.87. The summed E-state index contributed by atoms with van der Waals surface area (Å²) >= 11 is 0. The number of fused-ring (bicyclic) bond motifs is 1. The number of amides is 1. The molecule has 4 heterocycles. The van der Waals surface area contributed by atoms with Crippen LogP contribution in [0.2, 0.25) is 0 Å². The molecule has 2 unspecified atom stereocenters. The van der Waals surface area contributed by atoms with Crippen LogP contribution in [0.15, 0.2) is 78.3 Å². The second-order valence-electron chi connectivity index (χ2n) is 8.08. The minimum atomic E-state index is -1.02. The second kappa shape index (κ2) is 11.4. The van der Waals surface area contributed by atoms with Crippen molar-refractivity contribution in [1.29, 1.82) is 0 Å². The first-order valence-corrected chi connectivity index (χ1v) is 10.8. The number of ketones is 2. The van der Waals surface area contributed by atoms with Crippen molar-refractivity contribution in [2.45, 2.75) is 18.5 Å². The van der Waals surface area contributed by atoms with E-state index in [-0.39, 0.29) is 61.3 Å². The smallest absolute Gasteiger partial charge is 0.299 e. The fourth-order valence-corrected chi connectivity index (χ4v) is 4.35. The van der Waals surface area contributed by atoms with Gasteiger partial charge in [0, 0.05) is 36.9 Å². The van der Waals surface area contributed by atoms with Gasteiger partial charge >= 0.3 is 0 Å². The number of hydrogen-bond donors (Lipinski definition) is 0. The molecule has 11 heteroatoms. The van der Waals surface area contributed by atoms with Gasteiger partial charge in [0.05, 0.1) is 12.6 Å². The van der Waals surface area contributed by atoms with Crippen LogP contribution in [0, 0.1) is 5.82 Å². The van der Waals surface area contributed by atoms with Gasteiger partial charge in [0.1, 0.15) is 11.9 Å². The maximum Gasteiger partial charge on any atom is 0.299 e. The summed E-state index contributed by atoms with van der Waals surface area (Å²) in [6.45, 7) is 0.139. The molecule has 1 saturated heterocycles. The number of benzene rings is 1. The summed E-state index contributed by atoms with van der Waals surface area (Å²) in [5, 5.41) is 0. The lowest BCUT2D eigenvalue weighted by Crippen LogP contribution is -2.59. The van der Waals surface area contributed by atoms with Crippen molar-refractivity contribution < 1.29 is 18.8 Å². The van der Waals surface area contributed by atoms with Gasteiger partial charge < -0.3 is 4.90 Å². The molecule has 1 fully saturated rings. The number of Topliss-reactive ketones (excluding diaryl/α,β-unsaturated/α-hetero) is 2. The first kappa shape index (κ1) is 26.9. The zero-order valence-electron chi connectivity index (χ0n) is 18.9. The van der Waals surface area contributed by atoms with Crippen LogP contribution in [-0.4, -0.2) is 56.3 Å². The molecule has 0 spiro atoms. The maximum absolute atomic E-state index is 13.8. The zero-order chi connectivity index (χ0) is 23.7. The van der Waals surface area contributed by atoms with E-state index in [1.165, 1.54) is 35.5 Å². The Morgan fingerprint density at radius 3 is 2.22 bits per heavy atom. The summed E-state index contributed by atoms with van der Waals surface area (Å²) in [5.74, 6) is -1.88. The number of aliphatic imine (C=N–C) groups is 1. The van der Waals surface area contributed by atoms with E-state index in [0.29, 0.717) is 12.0 Å². The highest BCUT2D eigenvalue weighted by Gasteiger charge is 2.44. The highest BCUT2D eigenvalue weighted by molar-refractivity contribution is 6.42. The van der Waals surface area contributed by atoms with Gasteiger partial charge in [-0.25, -0.2) is 9.38 Å². The lowest BCUT2D eigenvalue weighted by Gasteiger charge is -2.45. The number of halogens is 3. The van der Waals surface area contributed by atoms with Crippen LogP contribution in [0.3, 0.4) is 0 Å². The van der Waals surface area contributed by atoms with Crippen LogP contribution in [0.1, 0.15) is 40.0 Å². The summed E-state index contributed by atoms with van der Waals surface area (Å²) in [7, 11) is 0. The van der Waals surface area contributed by atoms with E-state index in [0.717, 1.165) is 5.56 Å². The number of carbonyl (C=O) groups excluding carboxylic acids is 3. The van der Waals surface area contributed by atoms with Gasteiger partial charge in [-0.1, -0.05) is 12.1 Å². The maximum atomic E-state index is 13.8. The van der Waals surface area contributed by atoms with Crippen molar-refractivity contribution in [2.24, 2.45) is 4.99 Å². The Kier molecular flexibility index (Phi) is 8.49. The highest BCUT2D eigenvalue weighted by Crippen LogP contribution is 2.34. The van der Waals surface area contributed by atoms with E-state index < -0.39 is 23.5 Å². The van der Waals surface area contributed by atoms with E-state index in [1.54, 1.807) is 35.5 Å². The fourth-order valence-electron chi connectivity index (χ4n) is 4.35. The lowest BCUT2D eigenvalue weighted by molar-refractivity contribution is -0.144. The Balaban J connectivity index is 0.00000180. The summed E-state index contributed by atoms with van der Waals surface area (Å²) in [6, 6.07) is 11.1. The summed E-state index contributed by atoms with van der Waals surface area (Å²) < 4.78 is 13.8. The van der Waals surface area contributed by atoms with Crippen LogP contribution in [0.25, 0.3) is 0 Å². The Morgan fingerprint density at radius 2 is 1.58 bits per heavy atom. The SMILES string of the molecule is Cl.Cl.O=C(CN1C2=NC(c3ccncc3)C(=O)C(=O)N2CCC1c1ccncc1)c1cccc(F)c1. The highest BCUT2D eigenvalue weighted by atomic mass is 35.5. The van der Waals surface area contributed by atoms with Crippen LogP contribution >= 0.6 is 24.8 Å². The van der Waals surface area contributed by atoms with Crippen LogP contribution in [-0.2, 0) is 9.59 Å². The molecule has 0 saturated carbocycles. The minimum absolute atomic E-state index is 0. The van der Waals surface area contributed by atoms with Crippen molar-refractivity contribution in [2.75, 3.05) is 13.1 Å². The first-order valence-electron chi connectivity index (χ1n) is 10.8. The summed E-state index contributed by atoms with van der Waals surface area (Å²) in [5.41, 5.74) is 1.66. The zero-order valence-corrected chi connectivity index (χ0v) is 20.5. The fraction of sp³-hybridized carbons (Fsp3) is 0.200. The number of aromatic nitrogens is 2. The van der Waals surface area contributed by atoms with Crippen molar-refractivity contribution >= 4 is 48.2 Å². The van der Waals surface area contributed by atoms with E-state index >= 15 is 0 Å².